The zero-order chi connectivity index (χ0) is 16.0. The van der Waals surface area contributed by atoms with Crippen LogP contribution in [0.5, 0.6) is 11.5 Å². The summed E-state index contributed by atoms with van der Waals surface area (Å²) in [6, 6.07) is 1.63. The Kier molecular flexibility index (Phi) is 6.38. The second kappa shape index (κ2) is 7.58. The van der Waals surface area contributed by atoms with Crippen molar-refractivity contribution in [2.45, 2.75) is 30.7 Å². The Morgan fingerprint density at radius 2 is 1.86 bits per heavy atom. The minimum atomic E-state index is -4.02. The number of benzene rings is 1. The predicted octanol–water partition coefficient (Wildman–Crippen LogP) is 1.25. The van der Waals surface area contributed by atoms with Gasteiger partial charge >= 0.3 is 0 Å². The molecule has 1 aromatic carbocycles. The van der Waals surface area contributed by atoms with Crippen molar-refractivity contribution in [3.8, 4) is 11.5 Å². The second-order valence-electron chi connectivity index (χ2n) is 4.48. The molecule has 1 rings (SSSR count). The van der Waals surface area contributed by atoms with Crippen LogP contribution >= 0.6 is 0 Å². The SMILES string of the molecule is CCCC(CN)NS(=O)(=O)c1cc(OC)c(OC)cc1F. The van der Waals surface area contributed by atoms with Crippen molar-refractivity contribution in [3.05, 3.63) is 17.9 Å². The molecule has 0 saturated heterocycles. The summed E-state index contributed by atoms with van der Waals surface area (Å²) < 4.78 is 50.9. The van der Waals surface area contributed by atoms with E-state index in [0.717, 1.165) is 18.6 Å². The Balaban J connectivity index is 3.19. The number of hydrogen-bond acceptors (Lipinski definition) is 5. The summed E-state index contributed by atoms with van der Waals surface area (Å²) in [6.45, 7) is 2.05. The highest BCUT2D eigenvalue weighted by molar-refractivity contribution is 7.89. The summed E-state index contributed by atoms with van der Waals surface area (Å²) in [6.07, 6.45) is 1.34. The molecule has 21 heavy (non-hydrogen) atoms. The van der Waals surface area contributed by atoms with Crippen molar-refractivity contribution in [3.63, 3.8) is 0 Å². The number of nitrogens with two attached hydrogens (primary N) is 1. The quantitative estimate of drug-likeness (QED) is 0.752. The number of sulfonamides is 1. The molecule has 0 aromatic heterocycles. The minimum absolute atomic E-state index is 0.123. The van der Waals surface area contributed by atoms with Gasteiger partial charge in [-0.15, -0.1) is 0 Å². The molecule has 3 N–H and O–H groups in total. The molecule has 1 aromatic rings. The van der Waals surface area contributed by atoms with E-state index in [1.54, 1.807) is 0 Å². The van der Waals surface area contributed by atoms with E-state index in [1.807, 2.05) is 6.92 Å². The van der Waals surface area contributed by atoms with Crippen LogP contribution in [0.1, 0.15) is 19.8 Å². The molecule has 0 amide bonds. The Bertz CT molecular complexity index is 578. The molecule has 0 spiro atoms. The molecular weight excluding hydrogens is 299 g/mol. The van der Waals surface area contributed by atoms with Crippen LogP contribution in [0.25, 0.3) is 0 Å². The molecule has 0 aliphatic carbocycles. The molecule has 1 atom stereocenters. The van der Waals surface area contributed by atoms with Crippen molar-refractivity contribution >= 4 is 10.0 Å². The lowest BCUT2D eigenvalue weighted by atomic mass is 10.2. The lowest BCUT2D eigenvalue weighted by Crippen LogP contribution is -2.40. The number of hydrogen-bond donors (Lipinski definition) is 2. The molecule has 120 valence electrons. The molecule has 8 heteroatoms. The molecule has 0 bridgehead atoms. The highest BCUT2D eigenvalue weighted by atomic mass is 32.2. The van der Waals surface area contributed by atoms with Crippen LogP contribution in [-0.4, -0.2) is 35.2 Å². The normalized spacial score (nSPS) is 13.0. The van der Waals surface area contributed by atoms with Gasteiger partial charge in [0.25, 0.3) is 0 Å². The molecule has 6 nitrogen and oxygen atoms in total. The summed E-state index contributed by atoms with van der Waals surface area (Å²) in [5.41, 5.74) is 5.52. The van der Waals surface area contributed by atoms with Gasteiger partial charge in [0.05, 0.1) is 14.2 Å². The van der Waals surface area contributed by atoms with Gasteiger partial charge < -0.3 is 15.2 Å². The van der Waals surface area contributed by atoms with E-state index < -0.39 is 26.8 Å². The van der Waals surface area contributed by atoms with Crippen molar-refractivity contribution in [1.29, 1.82) is 0 Å². The van der Waals surface area contributed by atoms with Crippen LogP contribution in [0, 0.1) is 5.82 Å². The van der Waals surface area contributed by atoms with E-state index in [0.29, 0.717) is 6.42 Å². The Labute approximate surface area is 124 Å². The Morgan fingerprint density at radius 3 is 2.33 bits per heavy atom. The van der Waals surface area contributed by atoms with Crippen molar-refractivity contribution in [1.82, 2.24) is 4.72 Å². The van der Waals surface area contributed by atoms with Gasteiger partial charge in [0, 0.05) is 24.7 Å². The standard InChI is InChI=1S/C13H21FN2O4S/c1-4-5-9(8-15)16-21(17,18)13-7-12(20-3)11(19-2)6-10(13)14/h6-7,9,16H,4-5,8,15H2,1-3H3. The molecule has 0 heterocycles. The van der Waals surface area contributed by atoms with Crippen molar-refractivity contribution < 1.29 is 22.3 Å². The first kappa shape index (κ1) is 17.7. The lowest BCUT2D eigenvalue weighted by Gasteiger charge is -2.17. The minimum Gasteiger partial charge on any atom is -0.493 e. The maximum Gasteiger partial charge on any atom is 0.243 e. The van der Waals surface area contributed by atoms with Gasteiger partial charge in [-0.05, 0) is 6.42 Å². The smallest absolute Gasteiger partial charge is 0.243 e. The van der Waals surface area contributed by atoms with E-state index in [9.17, 15) is 12.8 Å². The first-order chi connectivity index (χ1) is 9.89. The van der Waals surface area contributed by atoms with Crippen molar-refractivity contribution in [2.75, 3.05) is 20.8 Å². The van der Waals surface area contributed by atoms with E-state index in [2.05, 4.69) is 4.72 Å². The van der Waals surface area contributed by atoms with Crippen molar-refractivity contribution in [2.24, 2.45) is 5.73 Å². The first-order valence-corrected chi connectivity index (χ1v) is 8.01. The third-order valence-corrected chi connectivity index (χ3v) is 4.51. The summed E-state index contributed by atoms with van der Waals surface area (Å²) in [5.74, 6) is -0.649. The molecule has 0 fully saturated rings. The first-order valence-electron chi connectivity index (χ1n) is 6.53. The second-order valence-corrected chi connectivity index (χ2v) is 6.16. The van der Waals surface area contributed by atoms with Crippen LogP contribution in [0.15, 0.2) is 17.0 Å². The lowest BCUT2D eigenvalue weighted by molar-refractivity contribution is 0.350. The summed E-state index contributed by atoms with van der Waals surface area (Å²) >= 11 is 0. The van der Waals surface area contributed by atoms with Gasteiger partial charge in [0.1, 0.15) is 10.7 Å². The van der Waals surface area contributed by atoms with E-state index in [4.69, 9.17) is 15.2 Å². The van der Waals surface area contributed by atoms with Gasteiger partial charge in [0.15, 0.2) is 11.5 Å². The Morgan fingerprint density at radius 1 is 1.29 bits per heavy atom. The number of methoxy groups -OCH3 is 2. The number of rotatable bonds is 8. The van der Waals surface area contributed by atoms with Gasteiger partial charge in [-0.1, -0.05) is 13.3 Å². The van der Waals surface area contributed by atoms with Crippen LogP contribution in [-0.2, 0) is 10.0 Å². The third-order valence-electron chi connectivity index (χ3n) is 2.97. The number of halogens is 1. The molecule has 0 aliphatic heterocycles. The molecule has 0 saturated carbocycles. The maximum absolute atomic E-state index is 14.0. The average molecular weight is 320 g/mol. The van der Waals surface area contributed by atoms with Crippen LogP contribution < -0.4 is 19.9 Å². The van der Waals surface area contributed by atoms with Gasteiger partial charge in [0.2, 0.25) is 10.0 Å². The average Bonchev–Trinajstić information content (AvgIpc) is 2.45. The topological polar surface area (TPSA) is 90.7 Å². The van der Waals surface area contributed by atoms with E-state index >= 15 is 0 Å². The fourth-order valence-electron chi connectivity index (χ4n) is 1.90. The summed E-state index contributed by atoms with van der Waals surface area (Å²) in [7, 11) is -1.33. The molecule has 0 radical (unpaired) electrons. The largest absolute Gasteiger partial charge is 0.493 e. The van der Waals surface area contributed by atoms with Gasteiger partial charge in [-0.25, -0.2) is 17.5 Å². The van der Waals surface area contributed by atoms with Gasteiger partial charge in [-0.2, -0.15) is 0 Å². The molecule has 1 unspecified atom stereocenters. The number of nitrogens with one attached hydrogen (secondary N) is 1. The summed E-state index contributed by atoms with van der Waals surface area (Å²) in [4.78, 5) is -0.491. The van der Waals surface area contributed by atoms with E-state index in [1.165, 1.54) is 14.2 Å². The highest BCUT2D eigenvalue weighted by Gasteiger charge is 2.25. The van der Waals surface area contributed by atoms with Crippen LogP contribution in [0.2, 0.25) is 0 Å². The zero-order valence-electron chi connectivity index (χ0n) is 12.3. The molecule has 0 aliphatic rings. The maximum atomic E-state index is 14.0. The van der Waals surface area contributed by atoms with E-state index in [-0.39, 0.29) is 18.0 Å². The Hall–Kier alpha value is -1.38. The molecular formula is C13H21FN2O4S. The number of ether oxygens (including phenoxy) is 2. The fourth-order valence-corrected chi connectivity index (χ4v) is 3.26. The van der Waals surface area contributed by atoms with Gasteiger partial charge in [-0.3, -0.25) is 0 Å². The fraction of sp³-hybridized carbons (Fsp3) is 0.538. The zero-order valence-corrected chi connectivity index (χ0v) is 13.2. The van der Waals surface area contributed by atoms with Crippen LogP contribution in [0.4, 0.5) is 4.39 Å². The summed E-state index contributed by atoms with van der Waals surface area (Å²) in [5, 5.41) is 0. The third kappa shape index (κ3) is 4.29. The monoisotopic (exact) mass is 320 g/mol. The van der Waals surface area contributed by atoms with Crippen LogP contribution in [0.3, 0.4) is 0 Å². The predicted molar refractivity (Wildman–Crippen MR) is 77.6 cm³/mol. The highest BCUT2D eigenvalue weighted by Crippen LogP contribution is 2.31.